The number of fused-ring (bicyclic) bond motifs is 1. The number of ether oxygens (including phenoxy) is 2. The number of imidazole rings is 2. The number of amides is 3. The molecule has 4 heterocycles. The topological polar surface area (TPSA) is 172 Å². The van der Waals surface area contributed by atoms with E-state index in [1.807, 2.05) is 70.2 Å². The summed E-state index contributed by atoms with van der Waals surface area (Å²) < 4.78 is 10.4. The maximum Gasteiger partial charge on any atom is 0.407 e. The molecular weight excluding hydrogens is 648 g/mol. The van der Waals surface area contributed by atoms with Gasteiger partial charge in [0.2, 0.25) is 11.8 Å². The molecule has 13 nitrogen and oxygen atoms in total. The lowest BCUT2D eigenvalue weighted by Crippen LogP contribution is -2.52. The standard InChI is InChI=1S/C38H46N8O5/c1-22(2)32(39)36(47)46-17-18-51-21-31(46)34-40-20-29(43-34)26-13-10-24(11-14-26)8-9-25-12-15-27-28(19-25)42-35(41-27)30-7-6-16-45(30)37(48)33(23(3)4)44-38(49)50-5/h10-15,19-20,22-23,30-33H,6-7,16-18,21,39H2,1-5H3,(H,40,43)(H,41,42)(H,44,49)/t30-,31-,32-,33-/m0/s1. The number of hydrogen-bond donors (Lipinski definition) is 4. The Morgan fingerprint density at radius 2 is 1.67 bits per heavy atom. The van der Waals surface area contributed by atoms with Gasteiger partial charge in [-0.25, -0.2) is 14.8 Å². The van der Waals surface area contributed by atoms with E-state index in [9.17, 15) is 14.4 Å². The van der Waals surface area contributed by atoms with Crippen LogP contribution in [0, 0.1) is 23.7 Å². The van der Waals surface area contributed by atoms with E-state index in [0.29, 0.717) is 38.0 Å². The first-order chi connectivity index (χ1) is 24.5. The van der Waals surface area contributed by atoms with E-state index in [0.717, 1.165) is 46.3 Å². The third-order valence-electron chi connectivity index (χ3n) is 9.62. The van der Waals surface area contributed by atoms with E-state index in [4.69, 9.17) is 20.2 Å². The first-order valence-electron chi connectivity index (χ1n) is 17.5. The number of rotatable bonds is 8. The molecule has 4 atom stereocenters. The largest absolute Gasteiger partial charge is 0.453 e. The Bertz CT molecular complexity index is 1940. The molecule has 0 unspecified atom stereocenters. The second kappa shape index (κ2) is 15.4. The fraction of sp³-hybridized carbons (Fsp3) is 0.447. The lowest BCUT2D eigenvalue weighted by Gasteiger charge is -2.36. The van der Waals surface area contributed by atoms with Gasteiger partial charge < -0.3 is 40.3 Å². The number of benzene rings is 2. The Morgan fingerprint density at radius 3 is 2.39 bits per heavy atom. The van der Waals surface area contributed by atoms with Gasteiger partial charge >= 0.3 is 6.09 Å². The van der Waals surface area contributed by atoms with E-state index in [1.165, 1.54) is 7.11 Å². The van der Waals surface area contributed by atoms with Crippen molar-refractivity contribution in [3.8, 4) is 23.1 Å². The molecule has 2 aromatic carbocycles. The van der Waals surface area contributed by atoms with Crippen molar-refractivity contribution in [2.75, 3.05) is 33.4 Å². The molecular formula is C38H46N8O5. The molecule has 6 rings (SSSR count). The van der Waals surface area contributed by atoms with Crippen LogP contribution in [0.3, 0.4) is 0 Å². The van der Waals surface area contributed by atoms with Crippen LogP contribution >= 0.6 is 0 Å². The monoisotopic (exact) mass is 694 g/mol. The van der Waals surface area contributed by atoms with Crippen LogP contribution in [0.4, 0.5) is 4.79 Å². The highest BCUT2D eigenvalue weighted by Gasteiger charge is 2.38. The lowest BCUT2D eigenvalue weighted by atomic mass is 10.0. The predicted octanol–water partition coefficient (Wildman–Crippen LogP) is 4.28. The molecule has 268 valence electrons. The number of nitrogens with one attached hydrogen (secondary N) is 3. The first kappa shape index (κ1) is 35.6. The number of hydrogen-bond acceptors (Lipinski definition) is 8. The Kier molecular flexibility index (Phi) is 10.7. The number of nitrogens with zero attached hydrogens (tertiary/aromatic N) is 4. The van der Waals surface area contributed by atoms with Crippen molar-refractivity contribution in [3.63, 3.8) is 0 Å². The van der Waals surface area contributed by atoms with Gasteiger partial charge in [0.1, 0.15) is 23.7 Å². The zero-order valence-corrected chi connectivity index (χ0v) is 29.7. The van der Waals surface area contributed by atoms with Crippen LogP contribution in [0.15, 0.2) is 48.7 Å². The van der Waals surface area contributed by atoms with E-state index in [2.05, 4.69) is 32.1 Å². The molecule has 2 aliphatic rings. The highest BCUT2D eigenvalue weighted by atomic mass is 16.5. The van der Waals surface area contributed by atoms with Gasteiger partial charge in [-0.1, -0.05) is 51.7 Å². The Labute approximate surface area is 297 Å². The maximum atomic E-state index is 13.5. The second-order valence-corrected chi connectivity index (χ2v) is 13.8. The molecule has 4 aromatic rings. The van der Waals surface area contributed by atoms with Gasteiger partial charge in [0.25, 0.3) is 0 Å². The average molecular weight is 695 g/mol. The molecule has 5 N–H and O–H groups in total. The van der Waals surface area contributed by atoms with Crippen molar-refractivity contribution in [3.05, 3.63) is 71.4 Å². The fourth-order valence-electron chi connectivity index (χ4n) is 6.56. The summed E-state index contributed by atoms with van der Waals surface area (Å²) in [6.07, 6.45) is 2.76. The number of carbonyl (C=O) groups is 3. The molecule has 2 saturated heterocycles. The number of H-pyrrole nitrogens is 2. The number of alkyl carbamates (subject to hydrolysis) is 1. The number of aromatic amines is 2. The van der Waals surface area contributed by atoms with Gasteiger partial charge in [0.05, 0.1) is 55.3 Å². The van der Waals surface area contributed by atoms with Crippen molar-refractivity contribution in [2.24, 2.45) is 17.6 Å². The molecule has 0 saturated carbocycles. The maximum absolute atomic E-state index is 13.5. The summed E-state index contributed by atoms with van der Waals surface area (Å²) in [4.78, 5) is 58.3. The van der Waals surface area contributed by atoms with Gasteiger partial charge in [-0.15, -0.1) is 0 Å². The third kappa shape index (κ3) is 7.77. The number of morpholine rings is 1. The van der Waals surface area contributed by atoms with Crippen LogP contribution < -0.4 is 11.1 Å². The lowest BCUT2D eigenvalue weighted by molar-refractivity contribution is -0.143. The predicted molar refractivity (Wildman–Crippen MR) is 192 cm³/mol. The van der Waals surface area contributed by atoms with Gasteiger partial charge in [0.15, 0.2) is 0 Å². The SMILES string of the molecule is COC(=O)N[C@H](C(=O)N1CCC[C@H]1c1nc2ccc(C#Cc3ccc(-c4cnc([C@@H]5COCCN5C(=O)[C@@H](N)C(C)C)[nH]4)cc3)cc2[nH]1)C(C)C. The van der Waals surface area contributed by atoms with Gasteiger partial charge in [-0.05, 0) is 60.6 Å². The highest BCUT2D eigenvalue weighted by Crippen LogP contribution is 2.33. The van der Waals surface area contributed by atoms with Crippen LogP contribution in [-0.4, -0.2) is 93.1 Å². The minimum atomic E-state index is -0.691. The molecule has 2 aliphatic heterocycles. The number of nitrogens with two attached hydrogens (primary N) is 1. The number of methoxy groups -OCH3 is 1. The van der Waals surface area contributed by atoms with Crippen LogP contribution in [0.25, 0.3) is 22.3 Å². The van der Waals surface area contributed by atoms with Crippen molar-refractivity contribution >= 4 is 28.9 Å². The smallest absolute Gasteiger partial charge is 0.407 e. The van der Waals surface area contributed by atoms with Crippen molar-refractivity contribution in [2.45, 2.75) is 64.7 Å². The summed E-state index contributed by atoms with van der Waals surface area (Å²) in [5.41, 5.74) is 11.3. The van der Waals surface area contributed by atoms with E-state index in [1.54, 1.807) is 16.0 Å². The summed E-state index contributed by atoms with van der Waals surface area (Å²) in [5.74, 6) is 7.57. The van der Waals surface area contributed by atoms with E-state index in [-0.39, 0.29) is 35.7 Å². The Morgan fingerprint density at radius 1 is 0.941 bits per heavy atom. The van der Waals surface area contributed by atoms with Crippen LogP contribution in [0.1, 0.15) is 75.4 Å². The summed E-state index contributed by atoms with van der Waals surface area (Å²) in [5, 5.41) is 2.69. The van der Waals surface area contributed by atoms with Crippen molar-refractivity contribution < 1.29 is 23.9 Å². The quantitative estimate of drug-likeness (QED) is 0.198. The Balaban J connectivity index is 1.13. The molecule has 3 amide bonds. The molecule has 0 bridgehead atoms. The van der Waals surface area contributed by atoms with Crippen molar-refractivity contribution in [1.82, 2.24) is 35.1 Å². The second-order valence-electron chi connectivity index (χ2n) is 13.8. The van der Waals surface area contributed by atoms with Crippen molar-refractivity contribution in [1.29, 1.82) is 0 Å². The molecule has 0 aliphatic carbocycles. The van der Waals surface area contributed by atoms with Gasteiger partial charge in [0, 0.05) is 24.2 Å². The molecule has 0 radical (unpaired) electrons. The van der Waals surface area contributed by atoms with Crippen LogP contribution in [0.5, 0.6) is 0 Å². The number of carbonyl (C=O) groups excluding carboxylic acids is 3. The normalized spacial score (nSPS) is 18.8. The van der Waals surface area contributed by atoms with Crippen LogP contribution in [0.2, 0.25) is 0 Å². The van der Waals surface area contributed by atoms with Gasteiger partial charge in [-0.2, -0.15) is 0 Å². The number of aromatic nitrogens is 4. The fourth-order valence-corrected chi connectivity index (χ4v) is 6.56. The highest BCUT2D eigenvalue weighted by molar-refractivity contribution is 5.87. The molecule has 0 spiro atoms. The molecule has 51 heavy (non-hydrogen) atoms. The molecule has 2 fully saturated rings. The minimum Gasteiger partial charge on any atom is -0.453 e. The zero-order chi connectivity index (χ0) is 36.2. The minimum absolute atomic E-state index is 0.0329. The Hall–Kier alpha value is -5.19. The summed E-state index contributed by atoms with van der Waals surface area (Å²) in [6, 6.07) is 11.9. The number of likely N-dealkylation sites (tertiary alicyclic amines) is 1. The third-order valence-corrected chi connectivity index (χ3v) is 9.62. The zero-order valence-electron chi connectivity index (χ0n) is 29.7. The molecule has 2 aromatic heterocycles. The average Bonchev–Trinajstić information content (AvgIpc) is 3.92. The van der Waals surface area contributed by atoms with E-state index >= 15 is 0 Å². The summed E-state index contributed by atoms with van der Waals surface area (Å²) in [7, 11) is 1.29. The van der Waals surface area contributed by atoms with E-state index < -0.39 is 18.2 Å². The summed E-state index contributed by atoms with van der Waals surface area (Å²) in [6.45, 7) is 9.57. The first-order valence-corrected chi connectivity index (χ1v) is 17.5. The van der Waals surface area contributed by atoms with Gasteiger partial charge in [-0.3, -0.25) is 9.59 Å². The van der Waals surface area contributed by atoms with Crippen LogP contribution in [-0.2, 0) is 19.1 Å². The molecule has 13 heteroatoms. The summed E-state index contributed by atoms with van der Waals surface area (Å²) >= 11 is 0.